The first-order valence-electron chi connectivity index (χ1n) is 3.47. The molecule has 0 saturated heterocycles. The highest BCUT2D eigenvalue weighted by Crippen LogP contribution is 2.18. The lowest BCUT2D eigenvalue weighted by molar-refractivity contribution is -0.118. The zero-order valence-electron chi connectivity index (χ0n) is 7.03. The van der Waals surface area contributed by atoms with Crippen molar-refractivity contribution in [3.8, 4) is 0 Å². The Morgan fingerprint density at radius 2 is 2.33 bits per heavy atom. The van der Waals surface area contributed by atoms with Crippen molar-refractivity contribution in [3.05, 3.63) is 22.4 Å². The second-order valence-electron chi connectivity index (χ2n) is 2.35. The van der Waals surface area contributed by atoms with Crippen LogP contribution in [0, 0.1) is 0 Å². The molecule has 0 aliphatic heterocycles. The number of rotatable bonds is 3. The first kappa shape index (κ1) is 11.6. The Hall–Kier alpha value is -0.380. The second-order valence-corrected chi connectivity index (χ2v) is 3.33. The van der Waals surface area contributed by atoms with Crippen molar-refractivity contribution in [1.82, 2.24) is 5.32 Å². The summed E-state index contributed by atoms with van der Waals surface area (Å²) in [4.78, 5) is 12.1. The Morgan fingerprint density at radius 3 is 2.67 bits per heavy atom. The Bertz CT molecular complexity index is 235. The molecule has 4 heteroatoms. The predicted molar refractivity (Wildman–Crippen MR) is 54.0 cm³/mol. The van der Waals surface area contributed by atoms with E-state index in [1.54, 1.807) is 25.3 Å². The Morgan fingerprint density at radius 1 is 1.67 bits per heavy atom. The number of ketones is 1. The van der Waals surface area contributed by atoms with Crippen LogP contribution in [0.15, 0.2) is 17.5 Å². The third-order valence-corrected chi connectivity index (χ3v) is 2.46. The molecule has 2 nitrogen and oxygen atoms in total. The molecule has 0 fully saturated rings. The molecule has 0 aliphatic carbocycles. The quantitative estimate of drug-likeness (QED) is 0.818. The summed E-state index contributed by atoms with van der Waals surface area (Å²) in [5, 5.41) is 4.94. The minimum Gasteiger partial charge on any atom is -0.306 e. The minimum atomic E-state index is -0.116. The molecular weight excluding hydrogens is 194 g/mol. The van der Waals surface area contributed by atoms with E-state index in [-0.39, 0.29) is 24.2 Å². The molecular formula is C8H12ClNOS. The van der Waals surface area contributed by atoms with Crippen LogP contribution in [-0.2, 0) is 4.79 Å². The highest BCUT2D eigenvalue weighted by Gasteiger charge is 2.13. The molecule has 1 atom stereocenters. The molecule has 1 rings (SSSR count). The molecule has 0 saturated carbocycles. The van der Waals surface area contributed by atoms with Gasteiger partial charge in [-0.3, -0.25) is 4.79 Å². The molecule has 1 N–H and O–H groups in total. The molecule has 1 aromatic rings. The van der Waals surface area contributed by atoms with Gasteiger partial charge in [0.25, 0.3) is 0 Å². The van der Waals surface area contributed by atoms with Gasteiger partial charge in [-0.2, -0.15) is 0 Å². The molecule has 0 spiro atoms. The molecule has 12 heavy (non-hydrogen) atoms. The number of carbonyl (C=O) groups is 1. The van der Waals surface area contributed by atoms with E-state index in [1.807, 2.05) is 17.5 Å². The van der Waals surface area contributed by atoms with Gasteiger partial charge in [-0.05, 0) is 25.4 Å². The molecule has 68 valence electrons. The number of carbonyl (C=O) groups excluding carboxylic acids is 1. The predicted octanol–water partition coefficient (Wildman–Crippen LogP) is 2.02. The van der Waals surface area contributed by atoms with Crippen LogP contribution in [0.4, 0.5) is 0 Å². The maximum absolute atomic E-state index is 11.0. The summed E-state index contributed by atoms with van der Waals surface area (Å²) in [7, 11) is 1.80. The fraction of sp³-hybridized carbons (Fsp3) is 0.375. The van der Waals surface area contributed by atoms with E-state index in [4.69, 9.17) is 0 Å². The number of hydrogen-bond acceptors (Lipinski definition) is 3. The number of halogens is 1. The monoisotopic (exact) mass is 205 g/mol. The SMILES string of the molecule is CNC(C(C)=O)c1cccs1.Cl. The van der Waals surface area contributed by atoms with Crippen LogP contribution < -0.4 is 5.32 Å². The van der Waals surface area contributed by atoms with Gasteiger partial charge >= 0.3 is 0 Å². The van der Waals surface area contributed by atoms with Gasteiger partial charge in [0.15, 0.2) is 5.78 Å². The normalized spacial score (nSPS) is 11.8. The molecule has 0 aliphatic rings. The number of nitrogens with one attached hydrogen (secondary N) is 1. The van der Waals surface area contributed by atoms with Gasteiger partial charge < -0.3 is 5.32 Å². The fourth-order valence-electron chi connectivity index (χ4n) is 1.00. The van der Waals surface area contributed by atoms with E-state index < -0.39 is 0 Å². The standard InChI is InChI=1S/C8H11NOS.ClH/c1-6(10)8(9-2)7-4-3-5-11-7;/h3-5,8-9H,1-2H3;1H. The molecule has 1 heterocycles. The van der Waals surface area contributed by atoms with Crippen molar-refractivity contribution in [2.75, 3.05) is 7.05 Å². The van der Waals surface area contributed by atoms with Gasteiger partial charge in [-0.25, -0.2) is 0 Å². The van der Waals surface area contributed by atoms with Crippen molar-refractivity contribution in [3.63, 3.8) is 0 Å². The van der Waals surface area contributed by atoms with Gasteiger partial charge in [0.2, 0.25) is 0 Å². The summed E-state index contributed by atoms with van der Waals surface area (Å²) in [6.07, 6.45) is 0. The number of thiophene rings is 1. The summed E-state index contributed by atoms with van der Waals surface area (Å²) >= 11 is 1.60. The van der Waals surface area contributed by atoms with E-state index in [1.165, 1.54) is 0 Å². The maximum Gasteiger partial charge on any atom is 0.152 e. The molecule has 0 bridgehead atoms. The summed E-state index contributed by atoms with van der Waals surface area (Å²) in [6, 6.07) is 3.80. The highest BCUT2D eigenvalue weighted by atomic mass is 35.5. The van der Waals surface area contributed by atoms with E-state index in [2.05, 4.69) is 5.32 Å². The first-order valence-corrected chi connectivity index (χ1v) is 4.34. The van der Waals surface area contributed by atoms with Crippen LogP contribution in [0.1, 0.15) is 17.8 Å². The number of hydrogen-bond donors (Lipinski definition) is 1. The van der Waals surface area contributed by atoms with Crippen LogP contribution in [0.2, 0.25) is 0 Å². The third kappa shape index (κ3) is 2.59. The maximum atomic E-state index is 11.0. The molecule has 0 amide bonds. The van der Waals surface area contributed by atoms with E-state index in [0.29, 0.717) is 0 Å². The number of Topliss-reactive ketones (excluding diaryl/α,β-unsaturated/α-hetero) is 1. The molecule has 0 aromatic carbocycles. The molecule has 1 unspecified atom stereocenters. The Labute approximate surface area is 82.4 Å². The van der Waals surface area contributed by atoms with Gasteiger partial charge in [0, 0.05) is 4.88 Å². The lowest BCUT2D eigenvalue weighted by Gasteiger charge is -2.08. The van der Waals surface area contributed by atoms with Gasteiger partial charge in [-0.15, -0.1) is 23.7 Å². The summed E-state index contributed by atoms with van der Waals surface area (Å²) in [5.41, 5.74) is 0. The lowest BCUT2D eigenvalue weighted by Crippen LogP contribution is -2.22. The lowest BCUT2D eigenvalue weighted by atomic mass is 10.2. The minimum absolute atomic E-state index is 0. The summed E-state index contributed by atoms with van der Waals surface area (Å²) < 4.78 is 0. The van der Waals surface area contributed by atoms with Gasteiger partial charge in [0.1, 0.15) is 6.04 Å². The van der Waals surface area contributed by atoms with Crippen LogP contribution in [0.5, 0.6) is 0 Å². The van der Waals surface area contributed by atoms with Crippen molar-refractivity contribution in [2.24, 2.45) is 0 Å². The first-order chi connectivity index (χ1) is 5.25. The van der Waals surface area contributed by atoms with Gasteiger partial charge in [0.05, 0.1) is 0 Å². The van der Waals surface area contributed by atoms with E-state index in [0.717, 1.165) is 4.88 Å². The average molecular weight is 206 g/mol. The van der Waals surface area contributed by atoms with Crippen molar-refractivity contribution < 1.29 is 4.79 Å². The van der Waals surface area contributed by atoms with E-state index >= 15 is 0 Å². The Kier molecular flexibility index (Phi) is 5.13. The zero-order chi connectivity index (χ0) is 8.27. The van der Waals surface area contributed by atoms with Crippen LogP contribution >= 0.6 is 23.7 Å². The Balaban J connectivity index is 0.00000121. The number of likely N-dealkylation sites (N-methyl/N-ethyl adjacent to an activating group) is 1. The van der Waals surface area contributed by atoms with Crippen LogP contribution in [-0.4, -0.2) is 12.8 Å². The topological polar surface area (TPSA) is 29.1 Å². The summed E-state index contributed by atoms with van der Waals surface area (Å²) in [5.74, 6) is 0.162. The van der Waals surface area contributed by atoms with Crippen LogP contribution in [0.25, 0.3) is 0 Å². The fourth-order valence-corrected chi connectivity index (χ4v) is 1.89. The van der Waals surface area contributed by atoms with Crippen molar-refractivity contribution in [1.29, 1.82) is 0 Å². The van der Waals surface area contributed by atoms with Crippen LogP contribution in [0.3, 0.4) is 0 Å². The highest BCUT2D eigenvalue weighted by molar-refractivity contribution is 7.10. The molecule has 1 aromatic heterocycles. The largest absolute Gasteiger partial charge is 0.306 e. The van der Waals surface area contributed by atoms with E-state index in [9.17, 15) is 4.79 Å². The average Bonchev–Trinajstić information content (AvgIpc) is 2.40. The van der Waals surface area contributed by atoms with Crippen molar-refractivity contribution in [2.45, 2.75) is 13.0 Å². The summed E-state index contributed by atoms with van der Waals surface area (Å²) in [6.45, 7) is 1.60. The zero-order valence-corrected chi connectivity index (χ0v) is 8.67. The van der Waals surface area contributed by atoms with Crippen molar-refractivity contribution >= 4 is 29.5 Å². The second kappa shape index (κ2) is 5.30. The smallest absolute Gasteiger partial charge is 0.152 e. The third-order valence-electron chi connectivity index (χ3n) is 1.52. The molecule has 0 radical (unpaired) electrons. The van der Waals surface area contributed by atoms with Gasteiger partial charge in [-0.1, -0.05) is 6.07 Å².